The van der Waals surface area contributed by atoms with Crippen LogP contribution in [0.4, 0.5) is 0 Å². The number of nitrogens with one attached hydrogen (secondary N) is 1. The predicted molar refractivity (Wildman–Crippen MR) is 89.0 cm³/mol. The highest BCUT2D eigenvalue weighted by Gasteiger charge is 2.40. The van der Waals surface area contributed by atoms with Crippen LogP contribution in [0.25, 0.3) is 11.3 Å². The summed E-state index contributed by atoms with van der Waals surface area (Å²) >= 11 is 3.41. The van der Waals surface area contributed by atoms with Crippen molar-refractivity contribution in [2.75, 3.05) is 26.2 Å². The van der Waals surface area contributed by atoms with Crippen molar-refractivity contribution in [2.45, 2.75) is 12.1 Å². The molecule has 0 saturated carbocycles. The third kappa shape index (κ3) is 2.80. The summed E-state index contributed by atoms with van der Waals surface area (Å²) in [5.74, 6) is -0.0156. The molecule has 2 aromatic rings. The predicted octanol–water partition coefficient (Wildman–Crippen LogP) is 1.34. The molecule has 0 bridgehead atoms. The molecule has 0 unspecified atom stereocenters. The van der Waals surface area contributed by atoms with Crippen molar-refractivity contribution in [3.63, 3.8) is 0 Å². The summed E-state index contributed by atoms with van der Waals surface area (Å²) in [5, 5.41) is 16.4. The monoisotopic (exact) mass is 376 g/mol. The second kappa shape index (κ2) is 5.74. The number of carbonyl (C=O) groups excluding carboxylic acids is 1. The Kier molecular flexibility index (Phi) is 3.71. The number of carbonyl (C=O) groups is 1. The van der Waals surface area contributed by atoms with Crippen molar-refractivity contribution < 1.29 is 9.90 Å². The summed E-state index contributed by atoms with van der Waals surface area (Å²) in [4.78, 5) is 16.5. The van der Waals surface area contributed by atoms with Crippen molar-refractivity contribution >= 4 is 21.8 Å². The number of hydrogen-bond donors (Lipinski definition) is 2. The van der Waals surface area contributed by atoms with Gasteiger partial charge in [-0.2, -0.15) is 5.10 Å². The zero-order valence-electron chi connectivity index (χ0n) is 12.4. The molecule has 0 atom stereocenters. The van der Waals surface area contributed by atoms with Crippen LogP contribution in [-0.2, 0) is 0 Å². The normalized spacial score (nSPS) is 19.5. The first-order valence-electron chi connectivity index (χ1n) is 7.63. The third-order valence-corrected chi connectivity index (χ3v) is 5.03. The lowest BCUT2D eigenvalue weighted by atomic mass is 10.0. The average molecular weight is 377 g/mol. The summed E-state index contributed by atoms with van der Waals surface area (Å²) in [6.45, 7) is 2.89. The van der Waals surface area contributed by atoms with E-state index in [1.54, 1.807) is 6.07 Å². The van der Waals surface area contributed by atoms with Crippen LogP contribution in [0.1, 0.15) is 10.5 Å². The highest BCUT2D eigenvalue weighted by Crippen LogP contribution is 2.24. The third-order valence-electron chi connectivity index (χ3n) is 4.50. The largest absolute Gasteiger partial charge is 0.390 e. The minimum atomic E-state index is -0.194. The summed E-state index contributed by atoms with van der Waals surface area (Å²) < 4.78 is 1.01. The van der Waals surface area contributed by atoms with E-state index in [9.17, 15) is 9.90 Å². The van der Waals surface area contributed by atoms with Crippen molar-refractivity contribution in [1.82, 2.24) is 20.0 Å². The quantitative estimate of drug-likeness (QED) is 0.847. The summed E-state index contributed by atoms with van der Waals surface area (Å²) in [6.07, 6.45) is -0.194. The van der Waals surface area contributed by atoms with Crippen molar-refractivity contribution in [3.8, 4) is 11.3 Å². The molecule has 120 valence electrons. The lowest BCUT2D eigenvalue weighted by Crippen LogP contribution is -2.67. The van der Waals surface area contributed by atoms with E-state index in [1.165, 1.54) is 0 Å². The molecular weight excluding hydrogens is 360 g/mol. The molecule has 3 heterocycles. The smallest absolute Gasteiger partial charge is 0.271 e. The van der Waals surface area contributed by atoms with Crippen LogP contribution in [0, 0.1) is 0 Å². The van der Waals surface area contributed by atoms with Crippen LogP contribution in [0.3, 0.4) is 0 Å². The van der Waals surface area contributed by atoms with E-state index in [-0.39, 0.29) is 12.0 Å². The van der Waals surface area contributed by atoms with Crippen LogP contribution < -0.4 is 0 Å². The van der Waals surface area contributed by atoms with E-state index in [4.69, 9.17) is 0 Å². The van der Waals surface area contributed by atoms with Gasteiger partial charge >= 0.3 is 0 Å². The number of hydrogen-bond acceptors (Lipinski definition) is 4. The molecule has 0 spiro atoms. The number of benzene rings is 1. The van der Waals surface area contributed by atoms with Gasteiger partial charge in [0.1, 0.15) is 5.69 Å². The van der Waals surface area contributed by atoms with Crippen LogP contribution in [0.5, 0.6) is 0 Å². The molecule has 2 aliphatic rings. The fraction of sp³-hybridized carbons (Fsp3) is 0.375. The highest BCUT2D eigenvalue weighted by atomic mass is 79.9. The van der Waals surface area contributed by atoms with Gasteiger partial charge in [0, 0.05) is 42.3 Å². The number of rotatable bonds is 3. The first kappa shape index (κ1) is 14.9. The van der Waals surface area contributed by atoms with E-state index >= 15 is 0 Å². The van der Waals surface area contributed by atoms with Gasteiger partial charge in [-0.05, 0) is 18.2 Å². The van der Waals surface area contributed by atoms with E-state index < -0.39 is 0 Å². The number of halogens is 1. The molecular formula is C16H17BrN4O2. The summed E-state index contributed by atoms with van der Waals surface area (Å²) in [7, 11) is 0. The number of aromatic nitrogens is 2. The Balaban J connectivity index is 1.39. The molecule has 1 aromatic heterocycles. The molecule has 0 radical (unpaired) electrons. The molecule has 6 nitrogen and oxygen atoms in total. The molecule has 0 aliphatic carbocycles. The van der Waals surface area contributed by atoms with Crippen LogP contribution in [0.15, 0.2) is 34.8 Å². The Morgan fingerprint density at radius 3 is 2.57 bits per heavy atom. The van der Waals surface area contributed by atoms with Crippen molar-refractivity contribution in [1.29, 1.82) is 0 Å². The topological polar surface area (TPSA) is 72.5 Å². The molecule has 2 saturated heterocycles. The number of aromatic amines is 1. The van der Waals surface area contributed by atoms with E-state index in [0.29, 0.717) is 11.7 Å². The number of aliphatic hydroxyl groups excluding tert-OH is 1. The number of nitrogens with zero attached hydrogens (tertiary/aromatic N) is 3. The van der Waals surface area contributed by atoms with Crippen molar-refractivity contribution in [2.24, 2.45) is 0 Å². The fourth-order valence-electron chi connectivity index (χ4n) is 3.01. The lowest BCUT2D eigenvalue weighted by molar-refractivity contribution is -0.0627. The lowest BCUT2D eigenvalue weighted by Gasteiger charge is -2.50. The van der Waals surface area contributed by atoms with E-state index in [2.05, 4.69) is 31.0 Å². The van der Waals surface area contributed by atoms with Gasteiger partial charge < -0.3 is 10.0 Å². The maximum absolute atomic E-state index is 12.4. The van der Waals surface area contributed by atoms with Crippen LogP contribution in [0.2, 0.25) is 0 Å². The van der Waals surface area contributed by atoms with Gasteiger partial charge in [-0.3, -0.25) is 14.8 Å². The Labute approximate surface area is 142 Å². The van der Waals surface area contributed by atoms with E-state index in [1.807, 2.05) is 29.2 Å². The van der Waals surface area contributed by atoms with Gasteiger partial charge in [0.15, 0.2) is 0 Å². The summed E-state index contributed by atoms with van der Waals surface area (Å²) in [5.41, 5.74) is 2.26. The first-order chi connectivity index (χ1) is 11.1. The Morgan fingerprint density at radius 1 is 1.22 bits per heavy atom. The molecule has 4 rings (SSSR count). The maximum atomic E-state index is 12.4. The SMILES string of the molecule is O=C(c1cc(-c2ccc(Br)cc2)n[nH]1)N1CC(N2CC(O)C2)C1. The second-order valence-electron chi connectivity index (χ2n) is 6.15. The Hall–Kier alpha value is -1.70. The van der Waals surface area contributed by atoms with Gasteiger partial charge in [0.05, 0.1) is 11.8 Å². The van der Waals surface area contributed by atoms with E-state index in [0.717, 1.165) is 41.9 Å². The van der Waals surface area contributed by atoms with Gasteiger partial charge in [0.25, 0.3) is 5.91 Å². The Morgan fingerprint density at radius 2 is 1.91 bits per heavy atom. The van der Waals surface area contributed by atoms with Crippen LogP contribution in [-0.4, -0.2) is 69.3 Å². The summed E-state index contributed by atoms with van der Waals surface area (Å²) in [6, 6.07) is 10.0. The molecule has 23 heavy (non-hydrogen) atoms. The van der Waals surface area contributed by atoms with Crippen LogP contribution >= 0.6 is 15.9 Å². The van der Waals surface area contributed by atoms with Crippen molar-refractivity contribution in [3.05, 3.63) is 40.5 Å². The minimum absolute atomic E-state index is 0.0156. The van der Waals surface area contributed by atoms with Gasteiger partial charge in [0.2, 0.25) is 0 Å². The zero-order valence-corrected chi connectivity index (χ0v) is 14.0. The fourth-order valence-corrected chi connectivity index (χ4v) is 3.27. The van der Waals surface area contributed by atoms with Gasteiger partial charge in [-0.25, -0.2) is 0 Å². The number of amides is 1. The molecule has 1 amide bonds. The molecule has 1 aromatic carbocycles. The molecule has 7 heteroatoms. The molecule has 2 N–H and O–H groups in total. The number of H-pyrrole nitrogens is 1. The number of β-amino-alcohol motifs (C(OH)–C–C–N with tert-alkyl or cyclic N) is 1. The number of likely N-dealkylation sites (tertiary alicyclic amines) is 2. The second-order valence-corrected chi connectivity index (χ2v) is 7.06. The zero-order chi connectivity index (χ0) is 16.0. The average Bonchev–Trinajstić information content (AvgIpc) is 2.94. The standard InChI is InChI=1S/C16H17BrN4O2/c17-11-3-1-10(2-4-11)14-5-15(19-18-14)16(23)21-6-12(7-21)20-8-13(22)9-20/h1-5,12-13,22H,6-9H2,(H,18,19). The number of aliphatic hydroxyl groups is 1. The minimum Gasteiger partial charge on any atom is -0.390 e. The van der Waals surface area contributed by atoms with Gasteiger partial charge in [-0.15, -0.1) is 0 Å². The molecule has 2 fully saturated rings. The highest BCUT2D eigenvalue weighted by molar-refractivity contribution is 9.10. The molecule has 2 aliphatic heterocycles. The van der Waals surface area contributed by atoms with Gasteiger partial charge in [-0.1, -0.05) is 28.1 Å². The maximum Gasteiger partial charge on any atom is 0.271 e. The first-order valence-corrected chi connectivity index (χ1v) is 8.42. The Bertz CT molecular complexity index is 718.